The average molecular weight is 281 g/mol. The van der Waals surface area contributed by atoms with Gasteiger partial charge in [0, 0.05) is 26.7 Å². The predicted molar refractivity (Wildman–Crippen MR) is 73.8 cm³/mol. The summed E-state index contributed by atoms with van der Waals surface area (Å²) in [6, 6.07) is 0. The fraction of sp³-hybridized carbons (Fsp3) is 1.00. The Hall–Kier alpha value is -0.210. The Morgan fingerprint density at radius 3 is 2.50 bits per heavy atom. The van der Waals surface area contributed by atoms with Gasteiger partial charge in [-0.15, -0.1) is 0 Å². The highest BCUT2D eigenvalue weighted by molar-refractivity contribution is 7.87. The molecule has 0 aromatic heterocycles. The van der Waals surface area contributed by atoms with Crippen LogP contribution < -0.4 is 10.0 Å². The van der Waals surface area contributed by atoms with E-state index in [0.29, 0.717) is 26.3 Å². The van der Waals surface area contributed by atoms with Crippen LogP contribution in [0.15, 0.2) is 0 Å². The van der Waals surface area contributed by atoms with Gasteiger partial charge < -0.3 is 10.1 Å². The maximum absolute atomic E-state index is 11.8. The Bertz CT molecular complexity index is 283. The zero-order valence-electron chi connectivity index (χ0n) is 11.7. The monoisotopic (exact) mass is 281 g/mol. The first kappa shape index (κ1) is 17.8. The summed E-state index contributed by atoms with van der Waals surface area (Å²) in [6.45, 7) is 7.63. The second-order valence-electron chi connectivity index (χ2n) is 4.02. The number of rotatable bonds is 12. The number of hydrogen-bond donors (Lipinski definition) is 2. The largest absolute Gasteiger partial charge is 0.380 e. The minimum atomic E-state index is -3.36. The lowest BCUT2D eigenvalue weighted by Crippen LogP contribution is -2.40. The molecule has 0 saturated heterocycles. The van der Waals surface area contributed by atoms with Crippen molar-refractivity contribution >= 4 is 10.2 Å². The van der Waals surface area contributed by atoms with Crippen molar-refractivity contribution in [3.63, 3.8) is 0 Å². The van der Waals surface area contributed by atoms with Crippen LogP contribution in [0.25, 0.3) is 0 Å². The third-order valence-electron chi connectivity index (χ3n) is 2.40. The Balaban J connectivity index is 3.74. The second kappa shape index (κ2) is 10.7. The Morgan fingerprint density at radius 1 is 1.17 bits per heavy atom. The van der Waals surface area contributed by atoms with Crippen LogP contribution in [0.1, 0.15) is 26.7 Å². The van der Waals surface area contributed by atoms with Crippen molar-refractivity contribution in [3.8, 4) is 0 Å². The topological polar surface area (TPSA) is 70.7 Å². The maximum Gasteiger partial charge on any atom is 0.279 e. The molecule has 7 heteroatoms. The van der Waals surface area contributed by atoms with E-state index in [1.54, 1.807) is 7.05 Å². The lowest BCUT2D eigenvalue weighted by molar-refractivity contribution is 0.152. The zero-order valence-corrected chi connectivity index (χ0v) is 12.6. The molecule has 0 saturated carbocycles. The number of hydrogen-bond acceptors (Lipinski definition) is 4. The Kier molecular flexibility index (Phi) is 10.6. The summed E-state index contributed by atoms with van der Waals surface area (Å²) < 4.78 is 32.4. The van der Waals surface area contributed by atoms with Crippen LogP contribution in [0.4, 0.5) is 0 Å². The number of nitrogens with one attached hydrogen (secondary N) is 2. The zero-order chi connectivity index (χ0) is 13.9. The molecule has 0 unspecified atom stereocenters. The normalized spacial score (nSPS) is 12.2. The third kappa shape index (κ3) is 8.82. The third-order valence-corrected chi connectivity index (χ3v) is 3.97. The second-order valence-corrected chi connectivity index (χ2v) is 5.88. The van der Waals surface area contributed by atoms with Gasteiger partial charge in [-0.05, 0) is 32.9 Å². The van der Waals surface area contributed by atoms with E-state index in [2.05, 4.69) is 17.0 Å². The van der Waals surface area contributed by atoms with E-state index >= 15 is 0 Å². The van der Waals surface area contributed by atoms with E-state index in [9.17, 15) is 8.42 Å². The highest BCUT2D eigenvalue weighted by atomic mass is 32.2. The summed E-state index contributed by atoms with van der Waals surface area (Å²) in [7, 11) is -1.77. The molecule has 0 bridgehead atoms. The molecule has 0 aliphatic carbocycles. The molecular formula is C11H27N3O3S. The SMILES string of the molecule is CCCNCCCN(C)S(=O)(=O)NCCOCC. The minimum Gasteiger partial charge on any atom is -0.380 e. The van der Waals surface area contributed by atoms with Gasteiger partial charge in [0.25, 0.3) is 10.2 Å². The molecule has 0 aromatic rings. The maximum atomic E-state index is 11.8. The van der Waals surface area contributed by atoms with Gasteiger partial charge in [-0.2, -0.15) is 17.4 Å². The molecule has 2 N–H and O–H groups in total. The van der Waals surface area contributed by atoms with Gasteiger partial charge in [0.05, 0.1) is 6.61 Å². The fourth-order valence-corrected chi connectivity index (χ4v) is 2.28. The molecule has 0 spiro atoms. The van der Waals surface area contributed by atoms with Gasteiger partial charge in [-0.25, -0.2) is 0 Å². The highest BCUT2D eigenvalue weighted by Crippen LogP contribution is 1.95. The molecular weight excluding hydrogens is 254 g/mol. The summed E-state index contributed by atoms with van der Waals surface area (Å²) in [6.07, 6.45) is 1.90. The number of ether oxygens (including phenoxy) is 1. The van der Waals surface area contributed by atoms with Crippen LogP contribution >= 0.6 is 0 Å². The van der Waals surface area contributed by atoms with Crippen molar-refractivity contribution in [2.45, 2.75) is 26.7 Å². The van der Waals surface area contributed by atoms with E-state index in [0.717, 1.165) is 25.9 Å². The molecule has 110 valence electrons. The van der Waals surface area contributed by atoms with E-state index in [1.165, 1.54) is 4.31 Å². The van der Waals surface area contributed by atoms with E-state index < -0.39 is 10.2 Å². The van der Waals surface area contributed by atoms with Crippen molar-refractivity contribution in [3.05, 3.63) is 0 Å². The van der Waals surface area contributed by atoms with Crippen LogP contribution in [-0.4, -0.2) is 59.2 Å². The van der Waals surface area contributed by atoms with Crippen molar-refractivity contribution in [2.24, 2.45) is 0 Å². The van der Waals surface area contributed by atoms with Crippen molar-refractivity contribution < 1.29 is 13.2 Å². The van der Waals surface area contributed by atoms with Crippen molar-refractivity contribution in [1.82, 2.24) is 14.3 Å². The summed E-state index contributed by atoms with van der Waals surface area (Å²) in [5.41, 5.74) is 0. The molecule has 6 nitrogen and oxygen atoms in total. The van der Waals surface area contributed by atoms with E-state index in [-0.39, 0.29) is 0 Å². The smallest absolute Gasteiger partial charge is 0.279 e. The quantitative estimate of drug-likeness (QED) is 0.501. The Labute approximate surface area is 111 Å². The average Bonchev–Trinajstić information content (AvgIpc) is 2.34. The predicted octanol–water partition coefficient (Wildman–Crippen LogP) is 0.179. The highest BCUT2D eigenvalue weighted by Gasteiger charge is 2.15. The molecule has 0 heterocycles. The first-order chi connectivity index (χ1) is 8.54. The summed E-state index contributed by atoms with van der Waals surface area (Å²) in [5.74, 6) is 0. The van der Waals surface area contributed by atoms with Crippen LogP contribution in [-0.2, 0) is 14.9 Å². The molecule has 0 rings (SSSR count). The molecule has 0 atom stereocenters. The van der Waals surface area contributed by atoms with Crippen LogP contribution in [0, 0.1) is 0 Å². The van der Waals surface area contributed by atoms with Gasteiger partial charge in [0.15, 0.2) is 0 Å². The molecule has 0 aliphatic rings. The molecule has 0 fully saturated rings. The van der Waals surface area contributed by atoms with Gasteiger partial charge in [-0.1, -0.05) is 6.92 Å². The summed E-state index contributed by atoms with van der Waals surface area (Å²) in [4.78, 5) is 0. The lowest BCUT2D eigenvalue weighted by atomic mass is 10.4. The first-order valence-corrected chi connectivity index (χ1v) is 7.98. The van der Waals surface area contributed by atoms with Crippen LogP contribution in [0.5, 0.6) is 0 Å². The molecule has 0 amide bonds. The van der Waals surface area contributed by atoms with Gasteiger partial charge >= 0.3 is 0 Å². The molecule has 18 heavy (non-hydrogen) atoms. The van der Waals surface area contributed by atoms with Crippen molar-refractivity contribution in [1.29, 1.82) is 0 Å². The van der Waals surface area contributed by atoms with Crippen LogP contribution in [0.2, 0.25) is 0 Å². The number of nitrogens with zero attached hydrogens (tertiary/aromatic N) is 1. The minimum absolute atomic E-state index is 0.314. The van der Waals surface area contributed by atoms with Gasteiger partial charge in [0.2, 0.25) is 0 Å². The molecule has 0 aliphatic heterocycles. The van der Waals surface area contributed by atoms with Gasteiger partial charge in [0.1, 0.15) is 0 Å². The lowest BCUT2D eigenvalue weighted by Gasteiger charge is -2.17. The van der Waals surface area contributed by atoms with Crippen LogP contribution in [0.3, 0.4) is 0 Å². The molecule has 0 aromatic carbocycles. The molecule has 0 radical (unpaired) electrons. The Morgan fingerprint density at radius 2 is 1.89 bits per heavy atom. The summed E-state index contributed by atoms with van der Waals surface area (Å²) >= 11 is 0. The van der Waals surface area contributed by atoms with E-state index in [1.807, 2.05) is 6.92 Å². The van der Waals surface area contributed by atoms with Crippen molar-refractivity contribution in [2.75, 3.05) is 46.4 Å². The summed E-state index contributed by atoms with van der Waals surface area (Å²) in [5, 5.41) is 3.24. The standard InChI is InChI=1S/C11H27N3O3S/c1-4-7-12-8-6-10-14(3)18(15,16)13-9-11-17-5-2/h12-13H,4-11H2,1-3H3. The van der Waals surface area contributed by atoms with Gasteiger partial charge in [-0.3, -0.25) is 0 Å². The first-order valence-electron chi connectivity index (χ1n) is 6.54. The van der Waals surface area contributed by atoms with E-state index in [4.69, 9.17) is 4.74 Å². The fourth-order valence-electron chi connectivity index (χ4n) is 1.35.